The van der Waals surface area contributed by atoms with Gasteiger partial charge >= 0.3 is 6.03 Å². The Morgan fingerprint density at radius 1 is 1.08 bits per heavy atom. The number of piperidine rings is 1. The average Bonchev–Trinajstić information content (AvgIpc) is 3.06. The second-order valence-corrected chi connectivity index (χ2v) is 6.55. The number of rotatable bonds is 2. The Kier molecular flexibility index (Phi) is 3.91. The van der Waals surface area contributed by atoms with Gasteiger partial charge < -0.3 is 20.1 Å². The molecule has 25 heavy (non-hydrogen) atoms. The number of nitrogens with zero attached hydrogens (tertiary/aromatic N) is 2. The number of likely N-dealkylation sites (tertiary alicyclic amines) is 1. The van der Waals surface area contributed by atoms with Crippen molar-refractivity contribution in [3.8, 4) is 0 Å². The molecule has 0 spiro atoms. The number of pyridine rings is 1. The summed E-state index contributed by atoms with van der Waals surface area (Å²) in [5.41, 5.74) is 0.545. The van der Waals surface area contributed by atoms with Gasteiger partial charge in [-0.2, -0.15) is 0 Å². The number of nitrogens with one attached hydrogen (secondary N) is 2. The first kappa shape index (κ1) is 15.7. The van der Waals surface area contributed by atoms with Gasteiger partial charge in [0.05, 0.1) is 0 Å². The summed E-state index contributed by atoms with van der Waals surface area (Å²) in [5.74, 6) is -0.240. The predicted octanol–water partition coefficient (Wildman–Crippen LogP) is 1.16. The third-order valence-electron chi connectivity index (χ3n) is 5.07. The van der Waals surface area contributed by atoms with E-state index in [1.54, 1.807) is 11.0 Å². The third-order valence-corrected chi connectivity index (χ3v) is 5.07. The Labute approximate surface area is 144 Å². The van der Waals surface area contributed by atoms with Crippen molar-refractivity contribution in [3.05, 3.63) is 46.2 Å². The first-order chi connectivity index (χ1) is 12.1. The van der Waals surface area contributed by atoms with Crippen molar-refractivity contribution in [1.82, 2.24) is 20.1 Å². The Morgan fingerprint density at radius 2 is 1.84 bits per heavy atom. The van der Waals surface area contributed by atoms with E-state index in [0.717, 1.165) is 30.3 Å². The summed E-state index contributed by atoms with van der Waals surface area (Å²) >= 11 is 0. The number of hydrogen-bond acceptors (Lipinski definition) is 3. The van der Waals surface area contributed by atoms with Gasteiger partial charge in [-0.3, -0.25) is 9.59 Å². The Hall–Kier alpha value is -2.83. The second kappa shape index (κ2) is 6.23. The molecule has 3 heterocycles. The minimum Gasteiger partial charge on any atom is -0.338 e. The molecule has 2 N–H and O–H groups in total. The zero-order chi connectivity index (χ0) is 17.4. The van der Waals surface area contributed by atoms with Gasteiger partial charge in [0.2, 0.25) is 0 Å². The van der Waals surface area contributed by atoms with Crippen LogP contribution in [-0.4, -0.2) is 58.9 Å². The van der Waals surface area contributed by atoms with Crippen LogP contribution >= 0.6 is 0 Å². The molecule has 0 bridgehead atoms. The Balaban J connectivity index is 1.50. The van der Waals surface area contributed by atoms with Gasteiger partial charge in [-0.1, -0.05) is 18.2 Å². The van der Waals surface area contributed by atoms with E-state index in [0.29, 0.717) is 19.6 Å². The van der Waals surface area contributed by atoms with Gasteiger partial charge in [0, 0.05) is 37.7 Å². The minimum atomic E-state index is -0.357. The number of carbonyl (C=O) groups excluding carboxylic acids is 2. The summed E-state index contributed by atoms with van der Waals surface area (Å²) in [5, 5.41) is 3.65. The number of carbonyl (C=O) groups is 2. The summed E-state index contributed by atoms with van der Waals surface area (Å²) < 4.78 is 0. The molecule has 2 fully saturated rings. The number of urea groups is 1. The molecular weight excluding hydrogens is 320 g/mol. The number of amides is 3. The smallest absolute Gasteiger partial charge is 0.317 e. The third kappa shape index (κ3) is 2.86. The molecule has 2 aliphatic heterocycles. The van der Waals surface area contributed by atoms with Crippen LogP contribution in [-0.2, 0) is 0 Å². The summed E-state index contributed by atoms with van der Waals surface area (Å²) in [7, 11) is 0. The number of aromatic amines is 1. The van der Waals surface area contributed by atoms with Gasteiger partial charge in [0.15, 0.2) is 0 Å². The maximum absolute atomic E-state index is 12.8. The molecule has 2 saturated heterocycles. The van der Waals surface area contributed by atoms with E-state index in [9.17, 15) is 14.4 Å². The monoisotopic (exact) mass is 340 g/mol. The van der Waals surface area contributed by atoms with Crippen LogP contribution in [0.2, 0.25) is 0 Å². The van der Waals surface area contributed by atoms with Crippen LogP contribution in [0.15, 0.2) is 35.1 Å². The SMILES string of the molecule is O=C(c1cc2ccccc2[nH]c1=O)N1CCC(N2CCNC2=O)CC1. The minimum absolute atomic E-state index is 0.0178. The summed E-state index contributed by atoms with van der Waals surface area (Å²) in [6, 6.07) is 9.23. The van der Waals surface area contributed by atoms with Crippen molar-refractivity contribution < 1.29 is 9.59 Å². The largest absolute Gasteiger partial charge is 0.338 e. The number of fused-ring (bicyclic) bond motifs is 1. The first-order valence-corrected chi connectivity index (χ1v) is 8.59. The molecule has 3 amide bonds. The van der Waals surface area contributed by atoms with Crippen molar-refractivity contribution in [2.45, 2.75) is 18.9 Å². The van der Waals surface area contributed by atoms with Crippen LogP contribution in [0.5, 0.6) is 0 Å². The summed E-state index contributed by atoms with van der Waals surface area (Å²) in [6.45, 7) is 2.52. The molecule has 4 rings (SSSR count). The number of H-pyrrole nitrogens is 1. The van der Waals surface area contributed by atoms with Gasteiger partial charge in [-0.25, -0.2) is 4.79 Å². The highest BCUT2D eigenvalue weighted by Gasteiger charge is 2.32. The molecule has 0 unspecified atom stereocenters. The number of aromatic nitrogens is 1. The van der Waals surface area contributed by atoms with E-state index < -0.39 is 0 Å². The fourth-order valence-corrected chi connectivity index (χ4v) is 3.69. The van der Waals surface area contributed by atoms with Crippen molar-refractivity contribution >= 4 is 22.8 Å². The molecule has 2 aliphatic rings. The molecule has 1 aromatic carbocycles. The van der Waals surface area contributed by atoms with Crippen LogP contribution in [0.3, 0.4) is 0 Å². The fraction of sp³-hybridized carbons (Fsp3) is 0.389. The van der Waals surface area contributed by atoms with Crippen LogP contribution in [0, 0.1) is 0 Å². The Bertz CT molecular complexity index is 883. The van der Waals surface area contributed by atoms with Crippen molar-refractivity contribution in [3.63, 3.8) is 0 Å². The lowest BCUT2D eigenvalue weighted by atomic mass is 10.0. The zero-order valence-electron chi connectivity index (χ0n) is 13.8. The highest BCUT2D eigenvalue weighted by molar-refractivity contribution is 5.97. The molecule has 1 aromatic heterocycles. The van der Waals surface area contributed by atoms with E-state index in [-0.39, 0.29) is 29.1 Å². The molecule has 0 saturated carbocycles. The summed E-state index contributed by atoms with van der Waals surface area (Å²) in [6.07, 6.45) is 1.48. The number of para-hydroxylation sites is 1. The molecule has 7 heteroatoms. The van der Waals surface area contributed by atoms with Gasteiger partial charge in [0.25, 0.3) is 11.5 Å². The van der Waals surface area contributed by atoms with Crippen LogP contribution in [0.25, 0.3) is 10.9 Å². The predicted molar refractivity (Wildman–Crippen MR) is 93.6 cm³/mol. The van der Waals surface area contributed by atoms with Crippen molar-refractivity contribution in [2.24, 2.45) is 0 Å². The molecule has 0 aliphatic carbocycles. The Morgan fingerprint density at radius 3 is 2.56 bits per heavy atom. The lowest BCUT2D eigenvalue weighted by Crippen LogP contribution is -2.48. The normalized spacial score (nSPS) is 18.6. The van der Waals surface area contributed by atoms with Gasteiger partial charge in [-0.15, -0.1) is 0 Å². The van der Waals surface area contributed by atoms with Crippen LogP contribution in [0.4, 0.5) is 4.79 Å². The molecule has 130 valence electrons. The molecule has 0 atom stereocenters. The standard InChI is InChI=1S/C18H20N4O3/c23-16-14(11-12-3-1-2-4-15(12)20-16)17(24)21-8-5-13(6-9-21)22-10-7-19-18(22)25/h1-4,11,13H,5-10H2,(H,19,25)(H,20,23). The van der Waals surface area contributed by atoms with Crippen molar-refractivity contribution in [2.75, 3.05) is 26.2 Å². The van der Waals surface area contributed by atoms with Crippen molar-refractivity contribution in [1.29, 1.82) is 0 Å². The average molecular weight is 340 g/mol. The maximum Gasteiger partial charge on any atom is 0.317 e. The van der Waals surface area contributed by atoms with Gasteiger partial charge in [-0.05, 0) is 30.4 Å². The lowest BCUT2D eigenvalue weighted by Gasteiger charge is -2.36. The highest BCUT2D eigenvalue weighted by atomic mass is 16.2. The molecular formula is C18H20N4O3. The highest BCUT2D eigenvalue weighted by Crippen LogP contribution is 2.20. The van der Waals surface area contributed by atoms with E-state index in [2.05, 4.69) is 10.3 Å². The number of benzene rings is 1. The van der Waals surface area contributed by atoms with E-state index >= 15 is 0 Å². The molecule has 2 aromatic rings. The molecule has 7 nitrogen and oxygen atoms in total. The lowest BCUT2D eigenvalue weighted by molar-refractivity contribution is 0.0664. The van der Waals surface area contributed by atoms with Crippen LogP contribution in [0.1, 0.15) is 23.2 Å². The summed E-state index contributed by atoms with van der Waals surface area (Å²) in [4.78, 5) is 43.1. The zero-order valence-corrected chi connectivity index (χ0v) is 13.8. The van der Waals surface area contributed by atoms with E-state index in [1.807, 2.05) is 29.2 Å². The van der Waals surface area contributed by atoms with Gasteiger partial charge in [0.1, 0.15) is 5.56 Å². The van der Waals surface area contributed by atoms with E-state index in [4.69, 9.17) is 0 Å². The first-order valence-electron chi connectivity index (χ1n) is 8.59. The molecule has 0 radical (unpaired) electrons. The maximum atomic E-state index is 12.8. The second-order valence-electron chi connectivity index (χ2n) is 6.55. The topological polar surface area (TPSA) is 85.5 Å². The fourth-order valence-electron chi connectivity index (χ4n) is 3.69. The van der Waals surface area contributed by atoms with E-state index in [1.165, 1.54) is 0 Å². The van der Waals surface area contributed by atoms with Crippen LogP contribution < -0.4 is 10.9 Å². The number of hydrogen-bond donors (Lipinski definition) is 2. The quantitative estimate of drug-likeness (QED) is 0.860.